The van der Waals surface area contributed by atoms with Gasteiger partial charge in [0.05, 0.1) is 25.3 Å². The van der Waals surface area contributed by atoms with Crippen molar-refractivity contribution in [1.82, 2.24) is 9.88 Å². The molecular weight excluding hydrogens is 396 g/mol. The van der Waals surface area contributed by atoms with Crippen LogP contribution >= 0.6 is 0 Å². The highest BCUT2D eigenvalue weighted by Crippen LogP contribution is 2.40. The second-order valence-corrected chi connectivity index (χ2v) is 9.08. The molecule has 1 saturated carbocycles. The number of oxazole rings is 1. The second-order valence-electron chi connectivity index (χ2n) is 9.08. The summed E-state index contributed by atoms with van der Waals surface area (Å²) in [5, 5.41) is 0. The lowest BCUT2D eigenvalue weighted by Crippen LogP contribution is -2.20. The summed E-state index contributed by atoms with van der Waals surface area (Å²) < 4.78 is 12.1. The zero-order valence-corrected chi connectivity index (χ0v) is 19.3. The first-order chi connectivity index (χ1) is 15.8. The first kappa shape index (κ1) is 22.8. The number of hydrogen-bond acceptors (Lipinski definition) is 4. The Morgan fingerprint density at radius 1 is 1.00 bits per heavy atom. The summed E-state index contributed by atoms with van der Waals surface area (Å²) in [6.07, 6.45) is 9.44. The van der Waals surface area contributed by atoms with Crippen LogP contribution in [-0.2, 0) is 17.9 Å². The van der Waals surface area contributed by atoms with Crippen LogP contribution in [-0.4, -0.2) is 30.1 Å². The minimum atomic E-state index is 0.266. The van der Waals surface area contributed by atoms with Gasteiger partial charge in [0.2, 0.25) is 5.89 Å². The molecule has 0 saturated heterocycles. The highest BCUT2D eigenvalue weighted by atomic mass is 16.5. The van der Waals surface area contributed by atoms with Gasteiger partial charge < -0.3 is 9.15 Å². The Kier molecular flexibility index (Phi) is 8.52. The maximum atomic E-state index is 6.33. The van der Waals surface area contributed by atoms with E-state index in [1.54, 1.807) is 0 Å². The van der Waals surface area contributed by atoms with Crippen LogP contribution in [0.15, 0.2) is 71.3 Å². The maximum Gasteiger partial charge on any atom is 0.202 e. The quantitative estimate of drug-likeness (QED) is 0.328. The van der Waals surface area contributed by atoms with Crippen molar-refractivity contribution in [2.24, 2.45) is 5.92 Å². The maximum absolute atomic E-state index is 6.33. The van der Waals surface area contributed by atoms with Crippen molar-refractivity contribution >= 4 is 0 Å². The summed E-state index contributed by atoms with van der Waals surface area (Å²) in [5.41, 5.74) is 2.55. The van der Waals surface area contributed by atoms with Crippen LogP contribution in [0.25, 0.3) is 0 Å². The lowest BCUT2D eigenvalue weighted by Gasteiger charge is -2.28. The molecule has 0 aliphatic heterocycles. The molecule has 32 heavy (non-hydrogen) atoms. The molecule has 2 aromatic carbocycles. The van der Waals surface area contributed by atoms with E-state index >= 15 is 0 Å². The predicted octanol–water partition coefficient (Wildman–Crippen LogP) is 6.43. The number of benzene rings is 2. The molecule has 1 atom stereocenters. The van der Waals surface area contributed by atoms with E-state index in [9.17, 15) is 0 Å². The lowest BCUT2D eigenvalue weighted by molar-refractivity contribution is 0.110. The third-order valence-corrected chi connectivity index (χ3v) is 6.48. The van der Waals surface area contributed by atoms with Crippen molar-refractivity contribution in [2.45, 2.75) is 57.6 Å². The molecule has 1 aliphatic carbocycles. The number of aromatic nitrogens is 1. The van der Waals surface area contributed by atoms with Crippen LogP contribution in [0.5, 0.6) is 0 Å². The first-order valence-electron chi connectivity index (χ1n) is 12.1. The molecule has 4 nitrogen and oxygen atoms in total. The molecule has 0 N–H and O–H groups in total. The molecule has 0 radical (unpaired) electrons. The molecular formula is C28H36N2O2. The van der Waals surface area contributed by atoms with Gasteiger partial charge in [0, 0.05) is 13.2 Å². The van der Waals surface area contributed by atoms with Gasteiger partial charge >= 0.3 is 0 Å². The monoisotopic (exact) mass is 432 g/mol. The normalized spacial score (nSPS) is 15.8. The van der Waals surface area contributed by atoms with E-state index in [1.165, 1.54) is 43.2 Å². The molecule has 1 heterocycles. The Morgan fingerprint density at radius 2 is 1.72 bits per heavy atom. The standard InChI is InChI=1S/C28H36N2O2/c1-30(18-11-19-31-22-23-12-5-2-6-13-23)21-26-20-29-28(32-26)27(24-14-7-3-8-15-24)25-16-9-4-10-17-25/h2-3,5-8,12-15,20,25,27H,4,9-11,16-19,21-22H2,1H3/t27-/m1/s1. The minimum absolute atomic E-state index is 0.266. The van der Waals surface area contributed by atoms with Crippen LogP contribution in [0.1, 0.15) is 67.2 Å². The predicted molar refractivity (Wildman–Crippen MR) is 128 cm³/mol. The van der Waals surface area contributed by atoms with Crippen molar-refractivity contribution in [2.75, 3.05) is 20.2 Å². The summed E-state index contributed by atoms with van der Waals surface area (Å²) in [5.74, 6) is 2.72. The van der Waals surface area contributed by atoms with Crippen LogP contribution in [0.4, 0.5) is 0 Å². The summed E-state index contributed by atoms with van der Waals surface area (Å²) in [6, 6.07) is 21.1. The average molecular weight is 433 g/mol. The Hall–Kier alpha value is -2.43. The zero-order valence-electron chi connectivity index (χ0n) is 19.3. The van der Waals surface area contributed by atoms with E-state index in [2.05, 4.69) is 66.5 Å². The average Bonchev–Trinajstić information content (AvgIpc) is 3.29. The van der Waals surface area contributed by atoms with E-state index in [0.29, 0.717) is 12.5 Å². The zero-order chi connectivity index (χ0) is 22.0. The fourth-order valence-corrected chi connectivity index (χ4v) is 4.83. The number of nitrogens with zero attached hydrogens (tertiary/aromatic N) is 2. The number of ether oxygens (including phenoxy) is 1. The fourth-order valence-electron chi connectivity index (χ4n) is 4.83. The van der Waals surface area contributed by atoms with Crippen molar-refractivity contribution in [3.05, 3.63) is 89.6 Å². The van der Waals surface area contributed by atoms with Crippen molar-refractivity contribution < 1.29 is 9.15 Å². The molecule has 170 valence electrons. The van der Waals surface area contributed by atoms with E-state index < -0.39 is 0 Å². The van der Waals surface area contributed by atoms with Crippen LogP contribution in [0.3, 0.4) is 0 Å². The van der Waals surface area contributed by atoms with E-state index in [-0.39, 0.29) is 5.92 Å². The largest absolute Gasteiger partial charge is 0.444 e. The summed E-state index contributed by atoms with van der Waals surface area (Å²) >= 11 is 0. The molecule has 3 aromatic rings. The summed E-state index contributed by atoms with van der Waals surface area (Å²) in [4.78, 5) is 7.03. The van der Waals surface area contributed by atoms with Gasteiger partial charge in [0.25, 0.3) is 0 Å². The topological polar surface area (TPSA) is 38.5 Å². The van der Waals surface area contributed by atoms with Gasteiger partial charge in [0.15, 0.2) is 0 Å². The smallest absolute Gasteiger partial charge is 0.202 e. The van der Waals surface area contributed by atoms with Gasteiger partial charge in [-0.15, -0.1) is 0 Å². The van der Waals surface area contributed by atoms with Gasteiger partial charge in [-0.25, -0.2) is 4.98 Å². The molecule has 1 aromatic heterocycles. The Balaban J connectivity index is 1.28. The molecule has 4 rings (SSSR count). The molecule has 0 unspecified atom stereocenters. The van der Waals surface area contributed by atoms with E-state index in [4.69, 9.17) is 14.1 Å². The van der Waals surface area contributed by atoms with Crippen LogP contribution < -0.4 is 0 Å². The summed E-state index contributed by atoms with van der Waals surface area (Å²) in [7, 11) is 2.13. The van der Waals surface area contributed by atoms with Crippen molar-refractivity contribution in [3.8, 4) is 0 Å². The Morgan fingerprint density at radius 3 is 2.47 bits per heavy atom. The third-order valence-electron chi connectivity index (χ3n) is 6.48. The van der Waals surface area contributed by atoms with E-state index in [1.807, 2.05) is 12.3 Å². The van der Waals surface area contributed by atoms with Crippen LogP contribution in [0, 0.1) is 5.92 Å². The number of rotatable bonds is 11. The van der Waals surface area contributed by atoms with Gasteiger partial charge in [0.1, 0.15) is 5.76 Å². The fraction of sp³-hybridized carbons (Fsp3) is 0.464. The lowest BCUT2D eigenvalue weighted by atomic mass is 9.77. The van der Waals surface area contributed by atoms with Crippen molar-refractivity contribution in [3.63, 3.8) is 0 Å². The Bertz CT molecular complexity index is 903. The molecule has 0 spiro atoms. The number of hydrogen-bond donors (Lipinski definition) is 0. The highest BCUT2D eigenvalue weighted by molar-refractivity contribution is 5.26. The Labute approximate surface area is 192 Å². The molecule has 1 fully saturated rings. The van der Waals surface area contributed by atoms with Crippen LogP contribution in [0.2, 0.25) is 0 Å². The second kappa shape index (κ2) is 12.0. The van der Waals surface area contributed by atoms with Gasteiger partial charge in [-0.05, 0) is 43.4 Å². The molecule has 1 aliphatic rings. The first-order valence-corrected chi connectivity index (χ1v) is 12.1. The van der Waals surface area contributed by atoms with Gasteiger partial charge in [-0.1, -0.05) is 79.9 Å². The minimum Gasteiger partial charge on any atom is -0.444 e. The molecule has 0 bridgehead atoms. The molecule has 4 heteroatoms. The summed E-state index contributed by atoms with van der Waals surface area (Å²) in [6.45, 7) is 3.18. The van der Waals surface area contributed by atoms with E-state index in [0.717, 1.165) is 37.8 Å². The van der Waals surface area contributed by atoms with Crippen molar-refractivity contribution in [1.29, 1.82) is 0 Å². The van der Waals surface area contributed by atoms with Gasteiger partial charge in [-0.2, -0.15) is 0 Å². The van der Waals surface area contributed by atoms with Gasteiger partial charge in [-0.3, -0.25) is 4.90 Å². The molecule has 0 amide bonds. The highest BCUT2D eigenvalue weighted by Gasteiger charge is 2.30. The third kappa shape index (κ3) is 6.54. The SMILES string of the molecule is CN(CCCOCc1ccccc1)Cc1cnc([C@H](c2ccccc2)C2CCCCC2)o1.